The third-order valence-electron chi connectivity index (χ3n) is 5.74. The summed E-state index contributed by atoms with van der Waals surface area (Å²) < 4.78 is 17.5. The third kappa shape index (κ3) is 4.65. The Balaban J connectivity index is 2.05. The van der Waals surface area contributed by atoms with Gasteiger partial charge >= 0.3 is 5.97 Å². The van der Waals surface area contributed by atoms with Crippen LogP contribution in [0.1, 0.15) is 36.2 Å². The van der Waals surface area contributed by atoms with Crippen LogP contribution in [0, 0.1) is 5.41 Å². The molecule has 7 nitrogen and oxygen atoms in total. The lowest BCUT2D eigenvalue weighted by molar-refractivity contribution is -0.137. The standard InChI is InChI=1S/C24H29NO6S/c1-24(2,19(32-5)11-20(26)27)13-31-21-15(9-10-18(29-3)22(21)30-4)14-7-6-8-16-17(14)12-25-23(16)28/h6-10,19H,11-13H2,1-5H3,(H,25,28)(H,26,27). The van der Waals surface area contributed by atoms with Crippen molar-refractivity contribution in [2.75, 3.05) is 27.1 Å². The predicted octanol–water partition coefficient (Wildman–Crippen LogP) is 4.23. The number of benzene rings is 2. The van der Waals surface area contributed by atoms with E-state index in [9.17, 15) is 14.7 Å². The summed E-state index contributed by atoms with van der Waals surface area (Å²) in [6.45, 7) is 4.70. The van der Waals surface area contributed by atoms with E-state index in [1.165, 1.54) is 11.8 Å². The van der Waals surface area contributed by atoms with Gasteiger partial charge in [0.15, 0.2) is 11.5 Å². The van der Waals surface area contributed by atoms with Gasteiger partial charge in [-0.25, -0.2) is 0 Å². The number of thioether (sulfide) groups is 1. The zero-order valence-corrected chi connectivity index (χ0v) is 19.8. The number of hydrogen-bond donors (Lipinski definition) is 2. The van der Waals surface area contributed by atoms with Crippen LogP contribution in [0.5, 0.6) is 17.2 Å². The predicted molar refractivity (Wildman–Crippen MR) is 125 cm³/mol. The molecule has 8 heteroatoms. The van der Waals surface area contributed by atoms with E-state index in [1.54, 1.807) is 20.3 Å². The number of aliphatic carboxylic acids is 1. The number of fused-ring (bicyclic) bond motifs is 1. The molecule has 1 amide bonds. The van der Waals surface area contributed by atoms with Crippen LogP contribution in [-0.2, 0) is 11.3 Å². The van der Waals surface area contributed by atoms with Crippen LogP contribution in [0.3, 0.4) is 0 Å². The normalized spacial score (nSPS) is 13.8. The molecule has 1 atom stereocenters. The topological polar surface area (TPSA) is 94.1 Å². The summed E-state index contributed by atoms with van der Waals surface area (Å²) in [5.41, 5.74) is 2.78. The average Bonchev–Trinajstić information content (AvgIpc) is 3.16. The molecular formula is C24H29NO6S. The third-order valence-corrected chi connectivity index (χ3v) is 7.12. The van der Waals surface area contributed by atoms with Gasteiger partial charge in [0.05, 0.1) is 27.2 Å². The Bertz CT molecular complexity index is 1020. The summed E-state index contributed by atoms with van der Waals surface area (Å²) in [4.78, 5) is 23.5. The van der Waals surface area contributed by atoms with Gasteiger partial charge in [0.2, 0.25) is 5.75 Å². The second-order valence-electron chi connectivity index (χ2n) is 8.29. The van der Waals surface area contributed by atoms with Crippen molar-refractivity contribution < 1.29 is 28.9 Å². The molecule has 0 spiro atoms. The number of carboxylic acids is 1. The molecule has 0 saturated carbocycles. The molecule has 1 unspecified atom stereocenters. The minimum atomic E-state index is -0.839. The molecular weight excluding hydrogens is 430 g/mol. The Morgan fingerprint density at radius 3 is 2.47 bits per heavy atom. The molecule has 0 bridgehead atoms. The molecule has 1 aliphatic rings. The lowest BCUT2D eigenvalue weighted by Crippen LogP contribution is -2.34. The van der Waals surface area contributed by atoms with Gasteiger partial charge in [0.25, 0.3) is 5.91 Å². The van der Waals surface area contributed by atoms with Crippen molar-refractivity contribution >= 4 is 23.6 Å². The van der Waals surface area contributed by atoms with E-state index in [4.69, 9.17) is 14.2 Å². The van der Waals surface area contributed by atoms with E-state index >= 15 is 0 Å². The van der Waals surface area contributed by atoms with E-state index in [1.807, 2.05) is 44.4 Å². The summed E-state index contributed by atoms with van der Waals surface area (Å²) in [6.07, 6.45) is 1.95. The van der Waals surface area contributed by atoms with E-state index < -0.39 is 11.4 Å². The number of ether oxygens (including phenoxy) is 3. The smallest absolute Gasteiger partial charge is 0.304 e. The van der Waals surface area contributed by atoms with Gasteiger partial charge in [-0.05, 0) is 35.6 Å². The van der Waals surface area contributed by atoms with Crippen molar-refractivity contribution in [1.29, 1.82) is 0 Å². The maximum Gasteiger partial charge on any atom is 0.304 e. The summed E-state index contributed by atoms with van der Waals surface area (Å²) in [5, 5.41) is 12.0. The molecule has 0 aromatic heterocycles. The molecule has 0 fully saturated rings. The van der Waals surface area contributed by atoms with Crippen molar-refractivity contribution in [3.05, 3.63) is 41.5 Å². The first-order chi connectivity index (χ1) is 15.2. The van der Waals surface area contributed by atoms with Crippen LogP contribution >= 0.6 is 11.8 Å². The Labute approximate surface area is 192 Å². The number of nitrogens with one attached hydrogen (secondary N) is 1. The van der Waals surface area contributed by atoms with Crippen LogP contribution in [0.4, 0.5) is 0 Å². The van der Waals surface area contributed by atoms with E-state index in [0.29, 0.717) is 29.4 Å². The van der Waals surface area contributed by atoms with Crippen molar-refractivity contribution in [2.45, 2.75) is 32.1 Å². The van der Waals surface area contributed by atoms with Gasteiger partial charge in [-0.3, -0.25) is 9.59 Å². The quantitative estimate of drug-likeness (QED) is 0.549. The number of carbonyl (C=O) groups is 2. The number of methoxy groups -OCH3 is 2. The molecule has 1 aliphatic heterocycles. The maximum atomic E-state index is 12.2. The van der Waals surface area contributed by atoms with E-state index in [-0.39, 0.29) is 24.2 Å². The molecule has 2 aromatic rings. The molecule has 32 heavy (non-hydrogen) atoms. The SMILES string of the molecule is COc1ccc(-c2cccc3c2CNC3=O)c(OCC(C)(C)C(CC(=O)O)SC)c1OC. The fraction of sp³-hybridized carbons (Fsp3) is 0.417. The zero-order valence-electron chi connectivity index (χ0n) is 19.0. The Hall–Kier alpha value is -2.87. The molecule has 2 N–H and O–H groups in total. The first-order valence-electron chi connectivity index (χ1n) is 10.3. The number of rotatable bonds is 10. The van der Waals surface area contributed by atoms with Crippen molar-refractivity contribution in [3.8, 4) is 28.4 Å². The van der Waals surface area contributed by atoms with Crippen molar-refractivity contribution in [3.63, 3.8) is 0 Å². The zero-order chi connectivity index (χ0) is 23.5. The minimum absolute atomic E-state index is 0.0413. The largest absolute Gasteiger partial charge is 0.493 e. The van der Waals surface area contributed by atoms with Crippen LogP contribution in [0.25, 0.3) is 11.1 Å². The van der Waals surface area contributed by atoms with Crippen LogP contribution in [0.15, 0.2) is 30.3 Å². The summed E-state index contributed by atoms with van der Waals surface area (Å²) in [6, 6.07) is 9.31. The van der Waals surface area contributed by atoms with Gasteiger partial charge < -0.3 is 24.6 Å². The van der Waals surface area contributed by atoms with E-state index in [0.717, 1.165) is 16.7 Å². The average molecular weight is 460 g/mol. The van der Waals surface area contributed by atoms with Gasteiger partial charge in [-0.2, -0.15) is 11.8 Å². The fourth-order valence-corrected chi connectivity index (χ4v) is 4.96. The maximum absolute atomic E-state index is 12.2. The van der Waals surface area contributed by atoms with Crippen LogP contribution in [0.2, 0.25) is 0 Å². The minimum Gasteiger partial charge on any atom is -0.493 e. The number of hydrogen-bond acceptors (Lipinski definition) is 6. The summed E-state index contributed by atoms with van der Waals surface area (Å²) in [7, 11) is 3.11. The Kier molecular flexibility index (Phi) is 7.23. The highest BCUT2D eigenvalue weighted by atomic mass is 32.2. The highest BCUT2D eigenvalue weighted by Gasteiger charge is 2.33. The van der Waals surface area contributed by atoms with Gasteiger partial charge in [-0.15, -0.1) is 0 Å². The monoisotopic (exact) mass is 459 g/mol. The molecule has 172 valence electrons. The van der Waals surface area contributed by atoms with Gasteiger partial charge in [0, 0.05) is 28.3 Å². The number of carboxylic acid groups (broad SMARTS) is 1. The first-order valence-corrected chi connectivity index (χ1v) is 11.5. The molecule has 3 rings (SSSR count). The van der Waals surface area contributed by atoms with Gasteiger partial charge in [0.1, 0.15) is 0 Å². The van der Waals surface area contributed by atoms with Crippen molar-refractivity contribution in [1.82, 2.24) is 5.32 Å². The first kappa shape index (κ1) is 23.8. The molecule has 0 aliphatic carbocycles. The lowest BCUT2D eigenvalue weighted by atomic mass is 9.88. The molecule has 2 aromatic carbocycles. The second kappa shape index (κ2) is 9.73. The van der Waals surface area contributed by atoms with Gasteiger partial charge in [-0.1, -0.05) is 26.0 Å². The number of amides is 1. The highest BCUT2D eigenvalue weighted by molar-refractivity contribution is 7.99. The van der Waals surface area contributed by atoms with E-state index in [2.05, 4.69) is 5.32 Å². The molecule has 1 heterocycles. The number of carbonyl (C=O) groups excluding carboxylic acids is 1. The fourth-order valence-electron chi connectivity index (χ4n) is 3.95. The van der Waals surface area contributed by atoms with Crippen LogP contribution in [-0.4, -0.2) is 49.3 Å². The van der Waals surface area contributed by atoms with Crippen LogP contribution < -0.4 is 19.5 Å². The Morgan fingerprint density at radius 2 is 1.84 bits per heavy atom. The highest BCUT2D eigenvalue weighted by Crippen LogP contribution is 2.47. The summed E-state index contributed by atoms with van der Waals surface area (Å²) >= 11 is 1.51. The Morgan fingerprint density at radius 1 is 1.12 bits per heavy atom. The summed E-state index contributed by atoms with van der Waals surface area (Å²) in [5.74, 6) is 0.548. The second-order valence-corrected chi connectivity index (χ2v) is 9.33. The lowest BCUT2D eigenvalue weighted by Gasteiger charge is -2.32. The van der Waals surface area contributed by atoms with Crippen molar-refractivity contribution in [2.24, 2.45) is 5.41 Å². The molecule has 0 saturated heterocycles. The molecule has 0 radical (unpaired) electrons.